The van der Waals surface area contributed by atoms with E-state index < -0.39 is 46.1 Å². The first-order valence-electron chi connectivity index (χ1n) is 14.1. The van der Waals surface area contributed by atoms with Gasteiger partial charge >= 0.3 is 0 Å². The summed E-state index contributed by atoms with van der Waals surface area (Å²) in [5.74, 6) is -1.80. The summed E-state index contributed by atoms with van der Waals surface area (Å²) in [6, 6.07) is 17.3. The number of hydrogen-bond donors (Lipinski definition) is 2. The minimum Gasteiger partial charge on any atom is -0.490 e. The summed E-state index contributed by atoms with van der Waals surface area (Å²) in [5.41, 5.74) is 1.41. The van der Waals surface area contributed by atoms with E-state index in [9.17, 15) is 22.8 Å². The van der Waals surface area contributed by atoms with E-state index in [1.54, 1.807) is 48.8 Å². The smallest absolute Gasteiger partial charge is 0.261 e. The van der Waals surface area contributed by atoms with E-state index in [1.807, 2.05) is 39.0 Å². The standard InChI is InChI=1S/C32H32N4O7S.CH4/c1-4-42-28-18-22(10-12-27(28)43-20(2)3)29(34-24-11-9-23-19-33-14-13-21(23)17-24)30(37)35-44(40,41)16-15-36-31(38)25-7-5-6-8-26(25)32(36)39;/h5-14,17-20,29,34H,4,15-16H2,1-3H3,(H,35,37);1H4. The van der Waals surface area contributed by atoms with Crippen LogP contribution in [0.5, 0.6) is 11.5 Å². The van der Waals surface area contributed by atoms with Crippen molar-refractivity contribution in [3.63, 3.8) is 0 Å². The molecule has 0 aliphatic carbocycles. The molecule has 0 bridgehead atoms. The molecule has 1 aliphatic heterocycles. The molecule has 3 amide bonds. The molecule has 3 aromatic carbocycles. The molecule has 11 nitrogen and oxygen atoms in total. The van der Waals surface area contributed by atoms with E-state index in [-0.39, 0.29) is 24.7 Å². The number of fused-ring (bicyclic) bond motifs is 2. The number of aromatic nitrogens is 1. The zero-order valence-corrected chi connectivity index (χ0v) is 25.3. The Morgan fingerprint density at radius 3 is 2.31 bits per heavy atom. The van der Waals surface area contributed by atoms with Crippen LogP contribution in [0.1, 0.15) is 60.5 Å². The van der Waals surface area contributed by atoms with E-state index in [2.05, 4.69) is 15.0 Å². The third kappa shape index (κ3) is 7.40. The fourth-order valence-electron chi connectivity index (χ4n) is 4.88. The zero-order valence-electron chi connectivity index (χ0n) is 24.4. The molecule has 1 aliphatic rings. The number of hydrogen-bond acceptors (Lipinski definition) is 9. The predicted molar refractivity (Wildman–Crippen MR) is 172 cm³/mol. The molecular weight excluding hydrogens is 596 g/mol. The van der Waals surface area contributed by atoms with Crippen LogP contribution in [0.4, 0.5) is 5.69 Å². The second kappa shape index (κ2) is 13.8. The number of imide groups is 1. The average Bonchev–Trinajstić information content (AvgIpc) is 3.24. The van der Waals surface area contributed by atoms with Crippen LogP contribution in [-0.2, 0) is 14.8 Å². The molecule has 1 atom stereocenters. The Balaban J connectivity index is 0.00000461. The van der Waals surface area contributed by atoms with Gasteiger partial charge in [0.1, 0.15) is 6.04 Å². The highest BCUT2D eigenvalue weighted by Gasteiger charge is 2.36. The van der Waals surface area contributed by atoms with Gasteiger partial charge in [-0.05, 0) is 74.2 Å². The maximum Gasteiger partial charge on any atom is 0.261 e. The lowest BCUT2D eigenvalue weighted by Crippen LogP contribution is -2.42. The van der Waals surface area contributed by atoms with Crippen molar-refractivity contribution >= 4 is 44.2 Å². The van der Waals surface area contributed by atoms with Crippen molar-refractivity contribution in [2.75, 3.05) is 24.2 Å². The van der Waals surface area contributed by atoms with Crippen LogP contribution in [0.25, 0.3) is 10.8 Å². The predicted octanol–water partition coefficient (Wildman–Crippen LogP) is 4.95. The number of sulfonamides is 1. The van der Waals surface area contributed by atoms with E-state index in [0.29, 0.717) is 29.4 Å². The van der Waals surface area contributed by atoms with Crippen LogP contribution in [0, 0.1) is 0 Å². The van der Waals surface area contributed by atoms with Crippen molar-refractivity contribution in [1.29, 1.82) is 0 Å². The molecule has 2 N–H and O–H groups in total. The van der Waals surface area contributed by atoms with E-state index in [4.69, 9.17) is 9.47 Å². The summed E-state index contributed by atoms with van der Waals surface area (Å²) in [6.07, 6.45) is 3.24. The zero-order chi connectivity index (χ0) is 31.4. The molecule has 0 spiro atoms. The van der Waals surface area contributed by atoms with Gasteiger partial charge in [0, 0.05) is 30.0 Å². The van der Waals surface area contributed by atoms with Crippen molar-refractivity contribution in [1.82, 2.24) is 14.6 Å². The van der Waals surface area contributed by atoms with Gasteiger partial charge < -0.3 is 14.8 Å². The number of ether oxygens (including phenoxy) is 2. The first-order chi connectivity index (χ1) is 21.1. The Hall–Kier alpha value is -4.97. The molecule has 1 aromatic heterocycles. The molecule has 236 valence electrons. The van der Waals surface area contributed by atoms with Gasteiger partial charge in [-0.25, -0.2) is 8.42 Å². The highest BCUT2D eigenvalue weighted by Crippen LogP contribution is 2.33. The number of carbonyl (C=O) groups excluding carboxylic acids is 3. The van der Waals surface area contributed by atoms with Crippen LogP contribution in [0.3, 0.4) is 0 Å². The minimum atomic E-state index is -4.28. The van der Waals surface area contributed by atoms with E-state index in [1.165, 1.54) is 12.1 Å². The molecule has 1 unspecified atom stereocenters. The number of pyridine rings is 1. The summed E-state index contributed by atoms with van der Waals surface area (Å²) in [5, 5.41) is 4.91. The monoisotopic (exact) mass is 632 g/mol. The first kappa shape index (κ1) is 32.9. The quantitative estimate of drug-likeness (QED) is 0.207. The Labute approximate surface area is 262 Å². The number of nitrogens with one attached hydrogen (secondary N) is 2. The first-order valence-corrected chi connectivity index (χ1v) is 15.7. The highest BCUT2D eigenvalue weighted by atomic mass is 32.2. The Kier molecular flexibility index (Phi) is 10.1. The Morgan fingerprint density at radius 1 is 0.933 bits per heavy atom. The van der Waals surface area contributed by atoms with Gasteiger partial charge in [-0.3, -0.25) is 29.0 Å². The molecule has 0 fully saturated rings. The third-order valence-electron chi connectivity index (χ3n) is 6.90. The molecule has 12 heteroatoms. The van der Waals surface area contributed by atoms with Crippen LogP contribution < -0.4 is 19.5 Å². The topological polar surface area (TPSA) is 144 Å². The fraction of sp³-hybridized carbons (Fsp3) is 0.273. The van der Waals surface area contributed by atoms with Gasteiger partial charge in [-0.2, -0.15) is 0 Å². The van der Waals surface area contributed by atoms with Crippen LogP contribution >= 0.6 is 0 Å². The number of nitrogens with zero attached hydrogens (tertiary/aromatic N) is 2. The average molecular weight is 633 g/mol. The molecule has 4 aromatic rings. The second-order valence-corrected chi connectivity index (χ2v) is 12.3. The molecule has 45 heavy (non-hydrogen) atoms. The lowest BCUT2D eigenvalue weighted by molar-refractivity contribution is -0.120. The summed E-state index contributed by atoms with van der Waals surface area (Å²) in [6.45, 7) is 5.50. The molecule has 2 heterocycles. The number of rotatable bonds is 12. The SMILES string of the molecule is C.CCOc1cc(C(Nc2ccc3cnccc3c2)C(=O)NS(=O)(=O)CCN2C(=O)c3ccccc3C2=O)ccc1OC(C)C. The number of carbonyl (C=O) groups is 3. The number of amides is 3. The molecular formula is C33H36N4O7S. The number of benzene rings is 3. The molecule has 0 saturated carbocycles. The van der Waals surface area contributed by atoms with Crippen molar-refractivity contribution in [3.05, 3.63) is 95.8 Å². The summed E-state index contributed by atoms with van der Waals surface area (Å²) in [7, 11) is -4.28. The number of anilines is 1. The van der Waals surface area contributed by atoms with Crippen LogP contribution in [0.2, 0.25) is 0 Å². The molecule has 5 rings (SSSR count). The Bertz CT molecular complexity index is 1810. The van der Waals surface area contributed by atoms with Gasteiger partial charge in [0.05, 0.1) is 29.6 Å². The van der Waals surface area contributed by atoms with Crippen LogP contribution in [0.15, 0.2) is 79.1 Å². The lowest BCUT2D eigenvalue weighted by atomic mass is 10.0. The Morgan fingerprint density at radius 2 is 1.64 bits per heavy atom. The van der Waals surface area contributed by atoms with Crippen molar-refractivity contribution < 1.29 is 32.3 Å². The van der Waals surface area contributed by atoms with Gasteiger partial charge in [0.15, 0.2) is 11.5 Å². The lowest BCUT2D eigenvalue weighted by Gasteiger charge is -2.22. The maximum atomic E-state index is 13.7. The van der Waals surface area contributed by atoms with Crippen molar-refractivity contribution in [2.24, 2.45) is 0 Å². The normalized spacial score (nSPS) is 13.3. The minimum absolute atomic E-state index is 0. The molecule has 0 radical (unpaired) electrons. The largest absolute Gasteiger partial charge is 0.490 e. The van der Waals surface area contributed by atoms with Gasteiger partial charge in [0.25, 0.3) is 17.7 Å². The summed E-state index contributed by atoms with van der Waals surface area (Å²) < 4.78 is 40.0. The summed E-state index contributed by atoms with van der Waals surface area (Å²) in [4.78, 5) is 44.1. The fourth-order valence-corrected chi connectivity index (χ4v) is 5.83. The van der Waals surface area contributed by atoms with Crippen LogP contribution in [-0.4, -0.2) is 61.0 Å². The van der Waals surface area contributed by atoms with Crippen molar-refractivity contribution in [3.8, 4) is 11.5 Å². The van der Waals surface area contributed by atoms with E-state index >= 15 is 0 Å². The van der Waals surface area contributed by atoms with Gasteiger partial charge in [0.2, 0.25) is 10.0 Å². The molecule has 0 saturated heterocycles. The van der Waals surface area contributed by atoms with Crippen molar-refractivity contribution in [2.45, 2.75) is 40.3 Å². The second-order valence-electron chi connectivity index (χ2n) is 10.4. The summed E-state index contributed by atoms with van der Waals surface area (Å²) >= 11 is 0. The highest BCUT2D eigenvalue weighted by molar-refractivity contribution is 7.90. The maximum absolute atomic E-state index is 13.7. The van der Waals surface area contributed by atoms with Gasteiger partial charge in [-0.1, -0.05) is 31.7 Å². The van der Waals surface area contributed by atoms with E-state index in [0.717, 1.165) is 15.7 Å². The van der Waals surface area contributed by atoms with Gasteiger partial charge in [-0.15, -0.1) is 0 Å². The third-order valence-corrected chi connectivity index (χ3v) is 8.13.